The molecule has 1 amide bonds. The SMILES string of the molecule is O=C(Cc1ccc(-n2cccc2)cc1)N(Cc1cccc2nccnc12)C1C=CS(=O)(=O)C1. The van der Waals surface area contributed by atoms with Gasteiger partial charge < -0.3 is 9.47 Å². The van der Waals surface area contributed by atoms with E-state index < -0.39 is 15.9 Å². The number of hydrogen-bond donors (Lipinski definition) is 0. The number of carbonyl (C=O) groups excluding carboxylic acids is 1. The molecular formula is C25H22N4O3S. The maximum absolute atomic E-state index is 13.4. The van der Waals surface area contributed by atoms with Crippen molar-refractivity contribution in [2.45, 2.75) is 19.0 Å². The molecule has 2 aromatic heterocycles. The quantitative estimate of drug-likeness (QED) is 0.443. The van der Waals surface area contributed by atoms with Gasteiger partial charge in [-0.25, -0.2) is 8.42 Å². The van der Waals surface area contributed by atoms with Crippen molar-refractivity contribution in [1.82, 2.24) is 19.4 Å². The third-order valence-corrected chi connectivity index (χ3v) is 7.13. The average molecular weight is 459 g/mol. The Morgan fingerprint density at radius 2 is 1.76 bits per heavy atom. The van der Waals surface area contributed by atoms with Gasteiger partial charge in [-0.05, 0) is 47.5 Å². The maximum atomic E-state index is 13.4. The highest BCUT2D eigenvalue weighted by Crippen LogP contribution is 2.22. The van der Waals surface area contributed by atoms with Crippen LogP contribution in [0.15, 0.2) is 90.9 Å². The molecule has 8 heteroatoms. The van der Waals surface area contributed by atoms with E-state index in [-0.39, 0.29) is 24.6 Å². The van der Waals surface area contributed by atoms with Crippen LogP contribution >= 0.6 is 0 Å². The zero-order chi connectivity index (χ0) is 22.8. The molecule has 0 saturated heterocycles. The minimum absolute atomic E-state index is 0.109. The molecule has 1 unspecified atom stereocenters. The van der Waals surface area contributed by atoms with Crippen LogP contribution in [0.25, 0.3) is 16.7 Å². The van der Waals surface area contributed by atoms with Crippen LogP contribution < -0.4 is 0 Å². The zero-order valence-electron chi connectivity index (χ0n) is 17.8. The second kappa shape index (κ2) is 8.63. The number of sulfone groups is 1. The van der Waals surface area contributed by atoms with E-state index in [0.29, 0.717) is 5.52 Å². The van der Waals surface area contributed by atoms with Gasteiger partial charge in [-0.15, -0.1) is 0 Å². The van der Waals surface area contributed by atoms with Crippen molar-refractivity contribution in [2.24, 2.45) is 0 Å². The highest BCUT2D eigenvalue weighted by Gasteiger charge is 2.30. The van der Waals surface area contributed by atoms with E-state index in [1.165, 1.54) is 5.41 Å². The molecular weight excluding hydrogens is 436 g/mol. The predicted octanol–water partition coefficient (Wildman–Crippen LogP) is 3.30. The number of carbonyl (C=O) groups is 1. The molecule has 2 aromatic carbocycles. The molecule has 0 N–H and O–H groups in total. The normalized spacial score (nSPS) is 16.8. The molecule has 33 heavy (non-hydrogen) atoms. The molecule has 1 aliphatic rings. The Bertz CT molecular complexity index is 1420. The largest absolute Gasteiger partial charge is 0.330 e. The number of fused-ring (bicyclic) bond motifs is 1. The summed E-state index contributed by atoms with van der Waals surface area (Å²) >= 11 is 0. The third kappa shape index (κ3) is 4.56. The van der Waals surface area contributed by atoms with E-state index in [4.69, 9.17) is 0 Å². The summed E-state index contributed by atoms with van der Waals surface area (Å²) in [6.07, 6.45) is 8.93. The van der Waals surface area contributed by atoms with Crippen molar-refractivity contribution in [3.05, 3.63) is 102 Å². The topological polar surface area (TPSA) is 85.2 Å². The van der Waals surface area contributed by atoms with E-state index >= 15 is 0 Å². The van der Waals surface area contributed by atoms with Gasteiger partial charge in [0.25, 0.3) is 0 Å². The average Bonchev–Trinajstić information content (AvgIpc) is 3.48. The lowest BCUT2D eigenvalue weighted by molar-refractivity contribution is -0.132. The molecule has 0 spiro atoms. The predicted molar refractivity (Wildman–Crippen MR) is 126 cm³/mol. The molecule has 0 saturated carbocycles. The second-order valence-electron chi connectivity index (χ2n) is 8.02. The third-order valence-electron chi connectivity index (χ3n) is 5.75. The lowest BCUT2D eigenvalue weighted by Crippen LogP contribution is -2.41. The van der Waals surface area contributed by atoms with Crippen LogP contribution in [0, 0.1) is 0 Å². The molecule has 1 aliphatic heterocycles. The molecule has 0 bridgehead atoms. The Kier molecular flexibility index (Phi) is 5.51. The second-order valence-corrected chi connectivity index (χ2v) is 9.95. The van der Waals surface area contributed by atoms with Crippen LogP contribution in [-0.2, 0) is 27.6 Å². The number of nitrogens with zero attached hydrogens (tertiary/aromatic N) is 4. The Hall–Kier alpha value is -3.78. The Morgan fingerprint density at radius 3 is 2.48 bits per heavy atom. The smallest absolute Gasteiger partial charge is 0.227 e. The summed E-state index contributed by atoms with van der Waals surface area (Å²) < 4.78 is 26.2. The first-order chi connectivity index (χ1) is 16.0. The lowest BCUT2D eigenvalue weighted by atomic mass is 10.1. The van der Waals surface area contributed by atoms with Crippen LogP contribution in [0.1, 0.15) is 11.1 Å². The number of aromatic nitrogens is 3. The van der Waals surface area contributed by atoms with Gasteiger partial charge in [-0.3, -0.25) is 14.8 Å². The fourth-order valence-corrected chi connectivity index (χ4v) is 5.38. The molecule has 5 rings (SSSR count). The van der Waals surface area contributed by atoms with Crippen LogP contribution in [0.2, 0.25) is 0 Å². The standard InChI is InChI=1S/C25H22N4O3S/c30-24(16-19-6-8-21(9-7-19)28-13-1-2-14-28)29(22-10-15-33(31,32)18-22)17-20-4-3-5-23-25(20)27-12-11-26-23/h1-15,22H,16-18H2. The van der Waals surface area contributed by atoms with Crippen LogP contribution in [0.4, 0.5) is 0 Å². The molecule has 0 radical (unpaired) electrons. The summed E-state index contributed by atoms with van der Waals surface area (Å²) in [4.78, 5) is 23.8. The summed E-state index contributed by atoms with van der Waals surface area (Å²) in [5.74, 6) is -0.252. The monoisotopic (exact) mass is 458 g/mol. The summed E-state index contributed by atoms with van der Waals surface area (Å²) in [7, 11) is -3.32. The van der Waals surface area contributed by atoms with Gasteiger partial charge in [0.1, 0.15) is 0 Å². The molecule has 4 aromatic rings. The van der Waals surface area contributed by atoms with Crippen molar-refractivity contribution < 1.29 is 13.2 Å². The van der Waals surface area contributed by atoms with Gasteiger partial charge in [0.15, 0.2) is 9.84 Å². The number of amides is 1. The van der Waals surface area contributed by atoms with Crippen LogP contribution in [-0.4, -0.2) is 45.6 Å². The maximum Gasteiger partial charge on any atom is 0.227 e. The Morgan fingerprint density at radius 1 is 1.00 bits per heavy atom. The van der Waals surface area contributed by atoms with Gasteiger partial charge in [0.05, 0.1) is 29.2 Å². The van der Waals surface area contributed by atoms with E-state index in [0.717, 1.165) is 22.3 Å². The molecule has 7 nitrogen and oxygen atoms in total. The van der Waals surface area contributed by atoms with Crippen LogP contribution in [0.3, 0.4) is 0 Å². The molecule has 0 aliphatic carbocycles. The first kappa shape index (κ1) is 21.1. The van der Waals surface area contributed by atoms with E-state index in [1.807, 2.05) is 71.6 Å². The minimum atomic E-state index is -3.32. The summed E-state index contributed by atoms with van der Waals surface area (Å²) in [6.45, 7) is 0.251. The fourth-order valence-electron chi connectivity index (χ4n) is 4.08. The Balaban J connectivity index is 1.41. The first-order valence-corrected chi connectivity index (χ1v) is 12.3. The highest BCUT2D eigenvalue weighted by molar-refractivity contribution is 7.94. The minimum Gasteiger partial charge on any atom is -0.330 e. The summed E-state index contributed by atoms with van der Waals surface area (Å²) in [5.41, 5.74) is 4.14. The van der Waals surface area contributed by atoms with Gasteiger partial charge in [0.2, 0.25) is 5.91 Å². The van der Waals surface area contributed by atoms with Crippen molar-refractivity contribution in [3.63, 3.8) is 0 Å². The lowest BCUT2D eigenvalue weighted by Gasteiger charge is -2.28. The highest BCUT2D eigenvalue weighted by atomic mass is 32.2. The van der Waals surface area contributed by atoms with Gasteiger partial charge in [-0.1, -0.05) is 24.3 Å². The molecule has 1 atom stereocenters. The molecule has 166 valence electrons. The number of benzene rings is 2. The summed E-state index contributed by atoms with van der Waals surface area (Å²) in [5, 5.41) is 1.20. The van der Waals surface area contributed by atoms with Crippen molar-refractivity contribution in [3.8, 4) is 5.69 Å². The first-order valence-electron chi connectivity index (χ1n) is 10.6. The zero-order valence-corrected chi connectivity index (χ0v) is 18.6. The Labute approximate surface area is 191 Å². The summed E-state index contributed by atoms with van der Waals surface area (Å²) in [6, 6.07) is 16.8. The van der Waals surface area contributed by atoms with Crippen molar-refractivity contribution in [1.29, 1.82) is 0 Å². The van der Waals surface area contributed by atoms with Gasteiger partial charge in [0, 0.05) is 42.4 Å². The van der Waals surface area contributed by atoms with Crippen molar-refractivity contribution >= 4 is 26.8 Å². The number of rotatable bonds is 6. The van der Waals surface area contributed by atoms with Gasteiger partial charge in [-0.2, -0.15) is 0 Å². The molecule has 3 heterocycles. The van der Waals surface area contributed by atoms with Crippen LogP contribution in [0.5, 0.6) is 0 Å². The fraction of sp³-hybridized carbons (Fsp3) is 0.160. The number of hydrogen-bond acceptors (Lipinski definition) is 5. The van der Waals surface area contributed by atoms with E-state index in [9.17, 15) is 13.2 Å². The van der Waals surface area contributed by atoms with E-state index in [2.05, 4.69) is 9.97 Å². The van der Waals surface area contributed by atoms with Gasteiger partial charge >= 0.3 is 0 Å². The van der Waals surface area contributed by atoms with E-state index in [1.54, 1.807) is 23.4 Å². The molecule has 0 fully saturated rings. The van der Waals surface area contributed by atoms with Crippen molar-refractivity contribution in [2.75, 3.05) is 5.75 Å². The number of para-hydroxylation sites is 1.